The van der Waals surface area contributed by atoms with Crippen LogP contribution in [0.4, 0.5) is 0 Å². The number of rotatable bonds is 13. The molecule has 0 spiro atoms. The number of benzene rings is 4. The van der Waals surface area contributed by atoms with Crippen molar-refractivity contribution in [1.29, 1.82) is 0 Å². The SMILES string of the molecule is C=CCCCCc1c(CN(Cc2ccc3c(c2)OCO3)Cc2ccc3c(c2)OCO3)c(-c2ccccc2)nn1-c1ccccc1. The first-order valence-corrected chi connectivity index (χ1v) is 15.6. The molecule has 7 rings (SSSR count). The maximum absolute atomic E-state index is 5.73. The van der Waals surface area contributed by atoms with Gasteiger partial charge in [-0.25, -0.2) is 4.68 Å². The molecule has 0 radical (unpaired) electrons. The zero-order valence-corrected chi connectivity index (χ0v) is 25.4. The molecule has 0 bridgehead atoms. The van der Waals surface area contributed by atoms with E-state index in [-0.39, 0.29) is 13.6 Å². The van der Waals surface area contributed by atoms with Crippen LogP contribution in [0.3, 0.4) is 0 Å². The molecule has 0 aliphatic carbocycles. The highest BCUT2D eigenvalue weighted by molar-refractivity contribution is 5.65. The van der Waals surface area contributed by atoms with Crippen LogP contribution >= 0.6 is 0 Å². The molecule has 7 heteroatoms. The van der Waals surface area contributed by atoms with Crippen LogP contribution in [-0.2, 0) is 26.1 Å². The summed E-state index contributed by atoms with van der Waals surface area (Å²) in [5.74, 6) is 3.16. The largest absolute Gasteiger partial charge is 0.454 e. The number of para-hydroxylation sites is 1. The van der Waals surface area contributed by atoms with Crippen molar-refractivity contribution in [3.63, 3.8) is 0 Å². The third kappa shape index (κ3) is 6.44. The average molecular weight is 600 g/mol. The third-order valence-corrected chi connectivity index (χ3v) is 8.28. The smallest absolute Gasteiger partial charge is 0.231 e. The Morgan fingerprint density at radius 1 is 0.689 bits per heavy atom. The summed E-state index contributed by atoms with van der Waals surface area (Å²) in [6, 6.07) is 33.5. The maximum atomic E-state index is 5.73. The van der Waals surface area contributed by atoms with Crippen molar-refractivity contribution in [2.45, 2.75) is 45.3 Å². The zero-order chi connectivity index (χ0) is 30.4. The van der Waals surface area contributed by atoms with E-state index >= 15 is 0 Å². The first kappa shape index (κ1) is 28.7. The van der Waals surface area contributed by atoms with Crippen LogP contribution in [0.15, 0.2) is 110 Å². The molecule has 5 aromatic rings. The molecular formula is C38H37N3O4. The Hall–Kier alpha value is -5.01. The number of fused-ring (bicyclic) bond motifs is 2. The molecule has 0 saturated carbocycles. The van der Waals surface area contributed by atoms with Crippen molar-refractivity contribution < 1.29 is 18.9 Å². The summed E-state index contributed by atoms with van der Waals surface area (Å²) >= 11 is 0. The number of hydrogen-bond acceptors (Lipinski definition) is 6. The van der Waals surface area contributed by atoms with Gasteiger partial charge in [0, 0.05) is 36.5 Å². The third-order valence-electron chi connectivity index (χ3n) is 8.28. The van der Waals surface area contributed by atoms with Gasteiger partial charge < -0.3 is 18.9 Å². The highest BCUT2D eigenvalue weighted by Gasteiger charge is 2.24. The van der Waals surface area contributed by atoms with Crippen molar-refractivity contribution in [2.75, 3.05) is 13.6 Å². The summed E-state index contributed by atoms with van der Waals surface area (Å²) in [5, 5.41) is 5.31. The van der Waals surface area contributed by atoms with E-state index in [1.165, 1.54) is 11.3 Å². The monoisotopic (exact) mass is 599 g/mol. The van der Waals surface area contributed by atoms with Crippen molar-refractivity contribution in [3.05, 3.63) is 132 Å². The van der Waals surface area contributed by atoms with Crippen LogP contribution in [-0.4, -0.2) is 28.3 Å². The number of ether oxygens (including phenoxy) is 4. The summed E-state index contributed by atoms with van der Waals surface area (Å²) in [6.07, 6.45) is 6.06. The fraction of sp³-hybridized carbons (Fsp3) is 0.237. The van der Waals surface area contributed by atoms with Gasteiger partial charge in [-0.3, -0.25) is 4.90 Å². The van der Waals surface area contributed by atoms with Crippen LogP contribution in [0.25, 0.3) is 16.9 Å². The Balaban J connectivity index is 1.30. The average Bonchev–Trinajstić information content (AvgIpc) is 3.83. The van der Waals surface area contributed by atoms with Gasteiger partial charge in [-0.1, -0.05) is 66.7 Å². The lowest BCUT2D eigenvalue weighted by atomic mass is 10.0. The predicted molar refractivity (Wildman–Crippen MR) is 175 cm³/mol. The molecule has 0 fully saturated rings. The molecule has 2 aliphatic rings. The fourth-order valence-corrected chi connectivity index (χ4v) is 6.09. The number of unbranched alkanes of at least 4 members (excludes halogenated alkanes) is 2. The van der Waals surface area contributed by atoms with Crippen LogP contribution in [0.5, 0.6) is 23.0 Å². The van der Waals surface area contributed by atoms with Gasteiger partial charge in [-0.05, 0) is 73.2 Å². The Morgan fingerprint density at radius 3 is 1.91 bits per heavy atom. The minimum absolute atomic E-state index is 0.258. The fourth-order valence-electron chi connectivity index (χ4n) is 6.09. The van der Waals surface area contributed by atoms with Gasteiger partial charge in [0.25, 0.3) is 0 Å². The Bertz CT molecular complexity index is 1710. The molecule has 0 atom stereocenters. The van der Waals surface area contributed by atoms with Gasteiger partial charge in [0.2, 0.25) is 13.6 Å². The van der Waals surface area contributed by atoms with E-state index in [9.17, 15) is 0 Å². The Morgan fingerprint density at radius 2 is 1.29 bits per heavy atom. The lowest BCUT2D eigenvalue weighted by molar-refractivity contribution is 0.173. The minimum Gasteiger partial charge on any atom is -0.454 e. The molecule has 0 amide bonds. The minimum atomic E-state index is 0.258. The van der Waals surface area contributed by atoms with E-state index in [4.69, 9.17) is 24.0 Å². The summed E-state index contributed by atoms with van der Waals surface area (Å²) in [4.78, 5) is 2.47. The normalized spacial score (nSPS) is 13.0. The first-order chi connectivity index (χ1) is 22.2. The number of hydrogen-bond donors (Lipinski definition) is 0. The van der Waals surface area contributed by atoms with E-state index in [2.05, 4.69) is 95.0 Å². The highest BCUT2D eigenvalue weighted by atomic mass is 16.7. The Labute approximate surface area is 264 Å². The second-order valence-electron chi connectivity index (χ2n) is 11.4. The molecule has 2 aliphatic heterocycles. The maximum Gasteiger partial charge on any atom is 0.231 e. The molecule has 4 aromatic carbocycles. The molecule has 3 heterocycles. The second kappa shape index (κ2) is 13.3. The van der Waals surface area contributed by atoms with Crippen LogP contribution in [0.2, 0.25) is 0 Å². The highest BCUT2D eigenvalue weighted by Crippen LogP contribution is 2.36. The summed E-state index contributed by atoms with van der Waals surface area (Å²) in [5.41, 5.74) is 7.99. The lowest BCUT2D eigenvalue weighted by Gasteiger charge is -2.24. The van der Waals surface area contributed by atoms with E-state index in [0.29, 0.717) is 19.6 Å². The standard InChI is InChI=1S/C38H37N3O4/c1-2-3-4-11-16-33-32(38(30-12-7-5-8-13-30)39-41(33)31-14-9-6-10-15-31)25-40(23-28-17-19-34-36(21-28)44-26-42-34)24-29-18-20-35-37(22-29)45-27-43-35/h2,5-10,12-15,17-22H,1,3-4,11,16,23-27H2. The van der Waals surface area contributed by atoms with Gasteiger partial charge in [0.1, 0.15) is 0 Å². The van der Waals surface area contributed by atoms with Gasteiger partial charge >= 0.3 is 0 Å². The summed E-state index contributed by atoms with van der Waals surface area (Å²) in [7, 11) is 0. The quantitative estimate of drug-likeness (QED) is 0.101. The molecule has 0 N–H and O–H groups in total. The second-order valence-corrected chi connectivity index (χ2v) is 11.4. The number of aromatic nitrogens is 2. The Kier molecular flexibility index (Phi) is 8.51. The van der Waals surface area contributed by atoms with E-state index in [1.54, 1.807) is 0 Å². The van der Waals surface area contributed by atoms with Crippen molar-refractivity contribution in [2.24, 2.45) is 0 Å². The molecule has 45 heavy (non-hydrogen) atoms. The van der Waals surface area contributed by atoms with E-state index < -0.39 is 0 Å². The van der Waals surface area contributed by atoms with Crippen molar-refractivity contribution in [3.8, 4) is 39.9 Å². The topological polar surface area (TPSA) is 58.0 Å². The number of allylic oxidation sites excluding steroid dienone is 1. The summed E-state index contributed by atoms with van der Waals surface area (Å²) < 4.78 is 24.8. The molecule has 7 nitrogen and oxygen atoms in total. The molecule has 0 saturated heterocycles. The molecular weight excluding hydrogens is 562 g/mol. The zero-order valence-electron chi connectivity index (χ0n) is 25.4. The van der Waals surface area contributed by atoms with Crippen LogP contribution in [0, 0.1) is 0 Å². The lowest BCUT2D eigenvalue weighted by Crippen LogP contribution is -2.23. The van der Waals surface area contributed by atoms with Gasteiger partial charge in [0.05, 0.1) is 11.4 Å². The predicted octanol–water partition coefficient (Wildman–Crippen LogP) is 8.10. The van der Waals surface area contributed by atoms with E-state index in [0.717, 1.165) is 76.8 Å². The van der Waals surface area contributed by atoms with Gasteiger partial charge in [0.15, 0.2) is 23.0 Å². The first-order valence-electron chi connectivity index (χ1n) is 15.6. The van der Waals surface area contributed by atoms with Crippen LogP contribution in [0.1, 0.15) is 41.6 Å². The van der Waals surface area contributed by atoms with Gasteiger partial charge in [-0.15, -0.1) is 6.58 Å². The van der Waals surface area contributed by atoms with Crippen LogP contribution < -0.4 is 18.9 Å². The van der Waals surface area contributed by atoms with E-state index in [1.807, 2.05) is 24.3 Å². The van der Waals surface area contributed by atoms with Crippen molar-refractivity contribution >= 4 is 0 Å². The molecule has 0 unspecified atom stereocenters. The number of nitrogens with zero attached hydrogens (tertiary/aromatic N) is 3. The molecule has 1 aromatic heterocycles. The molecule has 228 valence electrons. The van der Waals surface area contributed by atoms with Gasteiger partial charge in [-0.2, -0.15) is 5.10 Å². The van der Waals surface area contributed by atoms with Crippen molar-refractivity contribution in [1.82, 2.24) is 14.7 Å². The summed E-state index contributed by atoms with van der Waals surface area (Å²) in [6.45, 7) is 6.59.